The summed E-state index contributed by atoms with van der Waals surface area (Å²) in [5.41, 5.74) is 0. The number of rotatable bonds is 2. The first kappa shape index (κ1) is 9.17. The first-order valence-electron chi connectivity index (χ1n) is 6.25. The van der Waals surface area contributed by atoms with Gasteiger partial charge in [-0.05, 0) is 43.9 Å². The molecule has 4 unspecified atom stereocenters. The van der Waals surface area contributed by atoms with Crippen molar-refractivity contribution in [3.8, 4) is 0 Å². The van der Waals surface area contributed by atoms with E-state index in [2.05, 4.69) is 5.32 Å². The number of hydrogen-bond donors (Lipinski definition) is 1. The van der Waals surface area contributed by atoms with Gasteiger partial charge in [-0.3, -0.25) is 0 Å². The van der Waals surface area contributed by atoms with Crippen LogP contribution in [0.15, 0.2) is 0 Å². The van der Waals surface area contributed by atoms with Crippen LogP contribution in [0.4, 0.5) is 0 Å². The zero-order chi connectivity index (χ0) is 9.38. The Labute approximate surface area is 86.4 Å². The molecule has 3 aliphatic rings. The normalized spacial score (nSPS) is 47.1. The van der Waals surface area contributed by atoms with Crippen LogP contribution in [0.2, 0.25) is 0 Å². The van der Waals surface area contributed by atoms with Gasteiger partial charge in [0.05, 0.1) is 6.61 Å². The van der Waals surface area contributed by atoms with E-state index >= 15 is 0 Å². The van der Waals surface area contributed by atoms with Crippen LogP contribution in [-0.2, 0) is 4.74 Å². The number of ether oxygens (including phenoxy) is 1. The van der Waals surface area contributed by atoms with Gasteiger partial charge in [0.15, 0.2) is 0 Å². The van der Waals surface area contributed by atoms with E-state index < -0.39 is 0 Å². The molecule has 1 aliphatic heterocycles. The summed E-state index contributed by atoms with van der Waals surface area (Å²) < 4.78 is 5.51. The van der Waals surface area contributed by atoms with Crippen LogP contribution in [0.5, 0.6) is 0 Å². The van der Waals surface area contributed by atoms with Crippen LogP contribution in [0.1, 0.15) is 38.5 Å². The number of fused-ring (bicyclic) bond motifs is 2. The second-order valence-corrected chi connectivity index (χ2v) is 5.36. The van der Waals surface area contributed by atoms with E-state index in [-0.39, 0.29) is 0 Å². The summed E-state index contributed by atoms with van der Waals surface area (Å²) in [5.74, 6) is 2.06. The molecule has 2 saturated carbocycles. The van der Waals surface area contributed by atoms with Gasteiger partial charge in [0.1, 0.15) is 0 Å². The van der Waals surface area contributed by atoms with E-state index in [1.54, 1.807) is 0 Å². The highest BCUT2D eigenvalue weighted by Crippen LogP contribution is 2.44. The fourth-order valence-electron chi connectivity index (χ4n) is 3.62. The van der Waals surface area contributed by atoms with Crippen molar-refractivity contribution in [2.45, 2.75) is 50.6 Å². The second-order valence-electron chi connectivity index (χ2n) is 5.36. The molecule has 0 spiro atoms. The summed E-state index contributed by atoms with van der Waals surface area (Å²) in [4.78, 5) is 0. The molecule has 2 nitrogen and oxygen atoms in total. The summed E-state index contributed by atoms with van der Waals surface area (Å²) in [6.07, 6.45) is 8.51. The van der Waals surface area contributed by atoms with Crippen molar-refractivity contribution in [3.63, 3.8) is 0 Å². The number of hydrogen-bond acceptors (Lipinski definition) is 2. The van der Waals surface area contributed by atoms with Crippen LogP contribution in [0.25, 0.3) is 0 Å². The third kappa shape index (κ3) is 1.70. The first-order chi connectivity index (χ1) is 6.92. The van der Waals surface area contributed by atoms with Crippen molar-refractivity contribution < 1.29 is 4.74 Å². The lowest BCUT2D eigenvalue weighted by molar-refractivity contribution is 0.0632. The second kappa shape index (κ2) is 3.82. The van der Waals surface area contributed by atoms with Crippen molar-refractivity contribution in [1.82, 2.24) is 5.32 Å². The molecule has 2 bridgehead atoms. The van der Waals surface area contributed by atoms with E-state index in [0.29, 0.717) is 6.04 Å². The van der Waals surface area contributed by atoms with Crippen molar-refractivity contribution in [2.24, 2.45) is 11.8 Å². The molecular formula is C12H21NO. The SMILES string of the molecule is C1COCC(NC2CC3CCC2C3)C1. The predicted molar refractivity (Wildman–Crippen MR) is 56.2 cm³/mol. The van der Waals surface area contributed by atoms with Gasteiger partial charge in [0.25, 0.3) is 0 Å². The lowest BCUT2D eigenvalue weighted by Gasteiger charge is -2.30. The molecule has 3 rings (SSSR count). The van der Waals surface area contributed by atoms with Crippen LogP contribution in [0, 0.1) is 11.8 Å². The monoisotopic (exact) mass is 195 g/mol. The molecule has 2 aliphatic carbocycles. The van der Waals surface area contributed by atoms with Crippen LogP contribution >= 0.6 is 0 Å². The van der Waals surface area contributed by atoms with Crippen molar-refractivity contribution in [3.05, 3.63) is 0 Å². The Hall–Kier alpha value is -0.0800. The Morgan fingerprint density at radius 3 is 2.71 bits per heavy atom. The summed E-state index contributed by atoms with van der Waals surface area (Å²) >= 11 is 0. The van der Waals surface area contributed by atoms with Gasteiger partial charge >= 0.3 is 0 Å². The standard InChI is InChI=1S/C12H21NO/c1-2-11(8-14-5-1)13-12-7-9-3-4-10(12)6-9/h9-13H,1-8H2. The molecule has 1 N–H and O–H groups in total. The summed E-state index contributed by atoms with van der Waals surface area (Å²) in [6, 6.07) is 1.49. The maximum Gasteiger partial charge on any atom is 0.0619 e. The van der Waals surface area contributed by atoms with Crippen LogP contribution in [-0.4, -0.2) is 25.3 Å². The summed E-state index contributed by atoms with van der Waals surface area (Å²) in [7, 11) is 0. The molecule has 2 heteroatoms. The minimum atomic E-state index is 0.660. The van der Waals surface area contributed by atoms with E-state index in [0.717, 1.165) is 31.1 Å². The first-order valence-corrected chi connectivity index (χ1v) is 6.25. The minimum absolute atomic E-state index is 0.660. The van der Waals surface area contributed by atoms with Crippen LogP contribution in [0.3, 0.4) is 0 Å². The lowest BCUT2D eigenvalue weighted by atomic mass is 9.94. The minimum Gasteiger partial charge on any atom is -0.380 e. The summed E-state index contributed by atoms with van der Waals surface area (Å²) in [5, 5.41) is 3.82. The van der Waals surface area contributed by atoms with Gasteiger partial charge in [-0.25, -0.2) is 0 Å². The largest absolute Gasteiger partial charge is 0.380 e. The molecule has 4 atom stereocenters. The highest BCUT2D eigenvalue weighted by atomic mass is 16.5. The molecular weight excluding hydrogens is 174 g/mol. The molecule has 0 amide bonds. The Bertz CT molecular complexity index is 200. The molecule has 1 heterocycles. The fourth-order valence-corrected chi connectivity index (χ4v) is 3.62. The molecule has 0 radical (unpaired) electrons. The smallest absolute Gasteiger partial charge is 0.0619 e. The lowest BCUT2D eigenvalue weighted by Crippen LogP contribution is -2.45. The molecule has 3 fully saturated rings. The molecule has 0 aromatic rings. The van der Waals surface area contributed by atoms with Gasteiger partial charge in [0.2, 0.25) is 0 Å². The maximum absolute atomic E-state index is 5.51. The number of nitrogens with one attached hydrogen (secondary N) is 1. The van der Waals surface area contributed by atoms with E-state index in [4.69, 9.17) is 4.74 Å². The molecule has 80 valence electrons. The topological polar surface area (TPSA) is 21.3 Å². The predicted octanol–water partition coefficient (Wildman–Crippen LogP) is 1.94. The zero-order valence-corrected chi connectivity index (χ0v) is 8.87. The van der Waals surface area contributed by atoms with Gasteiger partial charge in [-0.15, -0.1) is 0 Å². The van der Waals surface area contributed by atoms with E-state index in [9.17, 15) is 0 Å². The highest BCUT2D eigenvalue weighted by Gasteiger charge is 2.40. The Morgan fingerprint density at radius 1 is 1.07 bits per heavy atom. The molecule has 14 heavy (non-hydrogen) atoms. The Morgan fingerprint density at radius 2 is 2.07 bits per heavy atom. The van der Waals surface area contributed by atoms with Gasteiger partial charge in [-0.2, -0.15) is 0 Å². The van der Waals surface area contributed by atoms with Gasteiger partial charge in [0, 0.05) is 18.7 Å². The fraction of sp³-hybridized carbons (Fsp3) is 1.00. The Balaban J connectivity index is 1.52. The van der Waals surface area contributed by atoms with Crippen LogP contribution < -0.4 is 5.32 Å². The average molecular weight is 195 g/mol. The average Bonchev–Trinajstić information content (AvgIpc) is 2.81. The quantitative estimate of drug-likeness (QED) is 0.727. The molecule has 0 aromatic carbocycles. The third-order valence-corrected chi connectivity index (χ3v) is 4.35. The van der Waals surface area contributed by atoms with E-state index in [1.807, 2.05) is 0 Å². The van der Waals surface area contributed by atoms with Crippen molar-refractivity contribution in [1.29, 1.82) is 0 Å². The van der Waals surface area contributed by atoms with Crippen molar-refractivity contribution in [2.75, 3.05) is 13.2 Å². The highest BCUT2D eigenvalue weighted by molar-refractivity contribution is 4.95. The van der Waals surface area contributed by atoms with E-state index in [1.165, 1.54) is 38.5 Å². The molecule has 1 saturated heterocycles. The van der Waals surface area contributed by atoms with Gasteiger partial charge in [-0.1, -0.05) is 6.42 Å². The van der Waals surface area contributed by atoms with Crippen molar-refractivity contribution >= 4 is 0 Å². The summed E-state index contributed by atoms with van der Waals surface area (Å²) in [6.45, 7) is 1.93. The van der Waals surface area contributed by atoms with Gasteiger partial charge < -0.3 is 10.1 Å². The molecule has 0 aromatic heterocycles. The Kier molecular flexibility index (Phi) is 2.50. The maximum atomic E-state index is 5.51. The third-order valence-electron chi connectivity index (χ3n) is 4.35. The zero-order valence-electron chi connectivity index (χ0n) is 8.87.